The second-order valence-electron chi connectivity index (χ2n) is 3.11. The van der Waals surface area contributed by atoms with E-state index in [-0.39, 0.29) is 11.6 Å². The van der Waals surface area contributed by atoms with Crippen molar-refractivity contribution in [3.8, 4) is 0 Å². The van der Waals surface area contributed by atoms with E-state index in [0.29, 0.717) is 5.16 Å². The van der Waals surface area contributed by atoms with Gasteiger partial charge in [-0.25, -0.2) is 9.97 Å². The van der Waals surface area contributed by atoms with Crippen molar-refractivity contribution in [3.05, 3.63) is 6.07 Å². The Morgan fingerprint density at radius 3 is 2.56 bits per heavy atom. The molecule has 0 saturated heterocycles. The second-order valence-corrected chi connectivity index (χ2v) is 3.88. The molecule has 4 nitrogen and oxygen atoms in total. The Balaban J connectivity index is 2.90. The molecule has 1 aromatic heterocycles. The topological polar surface area (TPSA) is 55.0 Å². The first-order valence-electron chi connectivity index (χ1n) is 4.28. The van der Waals surface area contributed by atoms with E-state index in [2.05, 4.69) is 9.97 Å². The van der Waals surface area contributed by atoms with Crippen LogP contribution >= 0.6 is 11.8 Å². The molecule has 0 atom stereocenters. The predicted octanol–water partition coefficient (Wildman–Crippen LogP) is 1.78. The smallest absolute Gasteiger partial charge is 0.383 e. The van der Waals surface area contributed by atoms with Gasteiger partial charge in [0.2, 0.25) is 0 Å². The van der Waals surface area contributed by atoms with Crippen LogP contribution in [0.5, 0.6) is 0 Å². The average molecular weight is 252 g/mol. The summed E-state index contributed by atoms with van der Waals surface area (Å²) >= 11 is 1.22. The van der Waals surface area contributed by atoms with Gasteiger partial charge in [0.05, 0.1) is 0 Å². The maximum absolute atomic E-state index is 12.2. The normalized spacial score (nSPS) is 11.6. The molecule has 90 valence electrons. The van der Waals surface area contributed by atoms with Crippen LogP contribution in [-0.4, -0.2) is 36.0 Å². The van der Waals surface area contributed by atoms with E-state index in [1.165, 1.54) is 24.9 Å². The molecule has 16 heavy (non-hydrogen) atoms. The van der Waals surface area contributed by atoms with Gasteiger partial charge in [-0.1, -0.05) is 11.8 Å². The SMILES string of the molecule is CSc1nc(N)cc(N(C)CC(F)(F)F)n1. The van der Waals surface area contributed by atoms with E-state index in [1.807, 2.05) is 0 Å². The maximum atomic E-state index is 12.2. The minimum atomic E-state index is -4.27. The zero-order valence-corrected chi connectivity index (χ0v) is 9.56. The Bertz CT molecular complexity index is 369. The molecule has 0 aliphatic carbocycles. The molecule has 0 spiro atoms. The molecule has 0 aliphatic heterocycles. The fourth-order valence-electron chi connectivity index (χ4n) is 1.07. The fourth-order valence-corrected chi connectivity index (χ4v) is 1.45. The molecule has 0 aliphatic rings. The van der Waals surface area contributed by atoms with Crippen molar-refractivity contribution in [2.24, 2.45) is 0 Å². The molecule has 0 fully saturated rings. The molecular formula is C8H11F3N4S. The number of anilines is 2. The fraction of sp³-hybridized carbons (Fsp3) is 0.500. The van der Waals surface area contributed by atoms with Gasteiger partial charge >= 0.3 is 6.18 Å². The molecule has 0 amide bonds. The van der Waals surface area contributed by atoms with E-state index in [0.717, 1.165) is 4.90 Å². The number of rotatable bonds is 3. The lowest BCUT2D eigenvalue weighted by Crippen LogP contribution is -2.31. The lowest BCUT2D eigenvalue weighted by Gasteiger charge is -2.20. The number of nitrogens with two attached hydrogens (primary N) is 1. The quantitative estimate of drug-likeness (QED) is 0.656. The number of halogens is 3. The minimum Gasteiger partial charge on any atom is -0.383 e. The van der Waals surface area contributed by atoms with Crippen molar-refractivity contribution in [1.29, 1.82) is 0 Å². The summed E-state index contributed by atoms with van der Waals surface area (Å²) in [6.45, 7) is -1.07. The highest BCUT2D eigenvalue weighted by atomic mass is 32.2. The third kappa shape index (κ3) is 3.76. The zero-order valence-electron chi connectivity index (χ0n) is 8.75. The van der Waals surface area contributed by atoms with Crippen LogP contribution in [0.4, 0.5) is 24.8 Å². The van der Waals surface area contributed by atoms with Crippen molar-refractivity contribution in [2.45, 2.75) is 11.3 Å². The van der Waals surface area contributed by atoms with Crippen molar-refractivity contribution < 1.29 is 13.2 Å². The molecule has 0 unspecified atom stereocenters. The Morgan fingerprint density at radius 2 is 2.06 bits per heavy atom. The molecule has 8 heteroatoms. The molecule has 0 saturated carbocycles. The molecule has 0 bridgehead atoms. The molecule has 1 aromatic rings. The predicted molar refractivity (Wildman–Crippen MR) is 57.6 cm³/mol. The van der Waals surface area contributed by atoms with E-state index >= 15 is 0 Å². The summed E-state index contributed by atoms with van der Waals surface area (Å²) < 4.78 is 36.5. The summed E-state index contributed by atoms with van der Waals surface area (Å²) in [5.74, 6) is 0.317. The van der Waals surface area contributed by atoms with Crippen LogP contribution in [0.1, 0.15) is 0 Å². The van der Waals surface area contributed by atoms with E-state index < -0.39 is 12.7 Å². The lowest BCUT2D eigenvalue weighted by molar-refractivity contribution is -0.119. The van der Waals surface area contributed by atoms with E-state index in [9.17, 15) is 13.2 Å². The Kier molecular flexibility index (Phi) is 3.84. The van der Waals surface area contributed by atoms with E-state index in [4.69, 9.17) is 5.73 Å². The van der Waals surface area contributed by atoms with Crippen LogP contribution < -0.4 is 10.6 Å². The van der Waals surface area contributed by atoms with Crippen LogP contribution in [0.15, 0.2) is 11.2 Å². The third-order valence-corrected chi connectivity index (χ3v) is 2.25. The maximum Gasteiger partial charge on any atom is 0.405 e. The van der Waals surface area contributed by atoms with Crippen LogP contribution in [0.2, 0.25) is 0 Å². The highest BCUT2D eigenvalue weighted by Crippen LogP contribution is 2.22. The monoisotopic (exact) mass is 252 g/mol. The average Bonchev–Trinajstić information content (AvgIpc) is 2.14. The molecule has 1 rings (SSSR count). The number of thioether (sulfide) groups is 1. The van der Waals surface area contributed by atoms with Gasteiger partial charge in [-0.3, -0.25) is 0 Å². The summed E-state index contributed by atoms with van der Waals surface area (Å²) in [5.41, 5.74) is 5.46. The van der Waals surface area contributed by atoms with Gasteiger partial charge in [0.25, 0.3) is 0 Å². The van der Waals surface area contributed by atoms with Crippen LogP contribution in [0.25, 0.3) is 0 Å². The van der Waals surface area contributed by atoms with Gasteiger partial charge in [-0.2, -0.15) is 13.2 Å². The summed E-state index contributed by atoms with van der Waals surface area (Å²) in [5, 5.41) is 0.351. The Hall–Kier alpha value is -1.18. The Morgan fingerprint density at radius 1 is 1.44 bits per heavy atom. The standard InChI is InChI=1S/C8H11F3N4S/c1-15(4-8(9,10)11)6-3-5(12)13-7(14-6)16-2/h3H,4H2,1-2H3,(H2,12,13,14). The van der Waals surface area contributed by atoms with Crippen LogP contribution in [0, 0.1) is 0 Å². The lowest BCUT2D eigenvalue weighted by atomic mass is 10.4. The first-order chi connectivity index (χ1) is 7.31. The third-order valence-electron chi connectivity index (χ3n) is 1.70. The van der Waals surface area contributed by atoms with Crippen LogP contribution in [0.3, 0.4) is 0 Å². The summed E-state index contributed by atoms with van der Waals surface area (Å²) in [6, 6.07) is 1.31. The van der Waals surface area contributed by atoms with Crippen molar-refractivity contribution in [3.63, 3.8) is 0 Å². The summed E-state index contributed by atoms with van der Waals surface area (Å²) in [7, 11) is 1.30. The highest BCUT2D eigenvalue weighted by Gasteiger charge is 2.30. The van der Waals surface area contributed by atoms with Gasteiger partial charge in [0.15, 0.2) is 5.16 Å². The first-order valence-corrected chi connectivity index (χ1v) is 5.51. The number of hydrogen-bond donors (Lipinski definition) is 1. The van der Waals surface area contributed by atoms with Crippen molar-refractivity contribution >= 4 is 23.4 Å². The number of alkyl halides is 3. The molecular weight excluding hydrogens is 241 g/mol. The second kappa shape index (κ2) is 4.77. The van der Waals surface area contributed by atoms with Gasteiger partial charge in [-0.05, 0) is 6.26 Å². The number of hydrogen-bond acceptors (Lipinski definition) is 5. The minimum absolute atomic E-state index is 0.156. The zero-order chi connectivity index (χ0) is 12.3. The van der Waals surface area contributed by atoms with Crippen molar-refractivity contribution in [1.82, 2.24) is 9.97 Å². The van der Waals surface area contributed by atoms with E-state index in [1.54, 1.807) is 6.26 Å². The van der Waals surface area contributed by atoms with Gasteiger partial charge in [0.1, 0.15) is 18.2 Å². The van der Waals surface area contributed by atoms with Gasteiger partial charge < -0.3 is 10.6 Å². The molecule has 0 radical (unpaired) electrons. The van der Waals surface area contributed by atoms with Crippen LogP contribution in [-0.2, 0) is 0 Å². The number of nitrogens with zero attached hydrogens (tertiary/aromatic N) is 3. The largest absolute Gasteiger partial charge is 0.405 e. The van der Waals surface area contributed by atoms with Gasteiger partial charge in [0, 0.05) is 13.1 Å². The number of nitrogen functional groups attached to an aromatic ring is 1. The highest BCUT2D eigenvalue weighted by molar-refractivity contribution is 7.98. The summed E-state index contributed by atoms with van der Waals surface area (Å²) in [6.07, 6.45) is -2.55. The van der Waals surface area contributed by atoms with Crippen molar-refractivity contribution in [2.75, 3.05) is 30.5 Å². The first kappa shape index (κ1) is 12.9. The Labute approximate surface area is 95.0 Å². The number of aromatic nitrogens is 2. The summed E-state index contributed by atoms with van der Waals surface area (Å²) in [4.78, 5) is 8.77. The molecule has 1 heterocycles. The molecule has 0 aromatic carbocycles. The molecule has 2 N–H and O–H groups in total. The van der Waals surface area contributed by atoms with Gasteiger partial charge in [-0.15, -0.1) is 0 Å².